The molecule has 0 aromatic carbocycles. The van der Waals surface area contributed by atoms with Gasteiger partial charge in [-0.3, -0.25) is 4.79 Å². The average molecular weight is 315 g/mol. The highest BCUT2D eigenvalue weighted by Crippen LogP contribution is 2.12. The highest BCUT2D eigenvalue weighted by Gasteiger charge is 2.23. The maximum absolute atomic E-state index is 12.4. The number of hydrogen-bond donors (Lipinski definition) is 2. The molecule has 0 unspecified atom stereocenters. The number of hydrazone groups is 1. The normalized spacial score (nSPS) is 15.6. The first-order chi connectivity index (χ1) is 11.2. The molecule has 3 rings (SSSR count). The number of amides is 1. The van der Waals surface area contributed by atoms with Gasteiger partial charge in [0, 0.05) is 32.4 Å². The molecule has 0 atom stereocenters. The number of rotatable bonds is 4. The number of pyridine rings is 1. The van der Waals surface area contributed by atoms with Crippen LogP contribution in [-0.2, 0) is 4.79 Å². The molecule has 1 amide bonds. The van der Waals surface area contributed by atoms with Crippen LogP contribution in [-0.4, -0.2) is 68.3 Å². The lowest BCUT2D eigenvalue weighted by Crippen LogP contribution is -2.50. The van der Waals surface area contributed by atoms with E-state index >= 15 is 0 Å². The molecule has 0 aliphatic carbocycles. The molecule has 0 saturated carbocycles. The van der Waals surface area contributed by atoms with Crippen molar-refractivity contribution in [1.29, 1.82) is 0 Å². The number of hydrogen-bond acceptors (Lipinski definition) is 8. The number of nitrogens with one attached hydrogen (secondary N) is 2. The summed E-state index contributed by atoms with van der Waals surface area (Å²) < 4.78 is 0. The van der Waals surface area contributed by atoms with E-state index in [0.29, 0.717) is 18.8 Å². The van der Waals surface area contributed by atoms with Crippen LogP contribution in [0.1, 0.15) is 6.92 Å². The van der Waals surface area contributed by atoms with Gasteiger partial charge in [0.2, 0.25) is 0 Å². The summed E-state index contributed by atoms with van der Waals surface area (Å²) in [7, 11) is 0. The van der Waals surface area contributed by atoms with E-state index < -0.39 is 0 Å². The fourth-order valence-electron chi connectivity index (χ4n) is 2.30. The van der Waals surface area contributed by atoms with E-state index in [1.54, 1.807) is 18.0 Å². The van der Waals surface area contributed by atoms with Crippen LogP contribution < -0.4 is 10.3 Å². The van der Waals surface area contributed by atoms with Gasteiger partial charge in [0.25, 0.3) is 11.9 Å². The lowest BCUT2D eigenvalue weighted by molar-refractivity contribution is -0.124. The summed E-state index contributed by atoms with van der Waals surface area (Å²) in [5, 5.41) is 17.1. The highest BCUT2D eigenvalue weighted by atomic mass is 16.2. The van der Waals surface area contributed by atoms with Gasteiger partial charge in [-0.2, -0.15) is 10.3 Å². The lowest BCUT2D eigenvalue weighted by atomic mass is 10.2. The first kappa shape index (κ1) is 14.9. The minimum Gasteiger partial charge on any atom is -0.353 e. The van der Waals surface area contributed by atoms with E-state index in [0.717, 1.165) is 18.9 Å². The van der Waals surface area contributed by atoms with Crippen molar-refractivity contribution in [2.24, 2.45) is 5.10 Å². The summed E-state index contributed by atoms with van der Waals surface area (Å²) in [4.78, 5) is 20.6. The molecule has 10 nitrogen and oxygen atoms in total. The molecule has 1 aliphatic rings. The zero-order chi connectivity index (χ0) is 16.1. The van der Waals surface area contributed by atoms with Gasteiger partial charge in [0.05, 0.1) is 0 Å². The third kappa shape index (κ3) is 3.59. The van der Waals surface area contributed by atoms with E-state index in [1.165, 1.54) is 0 Å². The molecule has 1 saturated heterocycles. The van der Waals surface area contributed by atoms with Crippen molar-refractivity contribution in [1.82, 2.24) is 30.5 Å². The van der Waals surface area contributed by atoms with Crippen molar-refractivity contribution in [2.45, 2.75) is 6.92 Å². The van der Waals surface area contributed by atoms with E-state index in [1.807, 2.05) is 18.2 Å². The predicted molar refractivity (Wildman–Crippen MR) is 83.9 cm³/mol. The highest BCUT2D eigenvalue weighted by molar-refractivity contribution is 6.37. The summed E-state index contributed by atoms with van der Waals surface area (Å²) in [6, 6.07) is 5.82. The number of piperazine rings is 1. The number of aromatic amines is 1. The molecule has 2 aromatic heterocycles. The van der Waals surface area contributed by atoms with Crippen LogP contribution in [0.3, 0.4) is 0 Å². The molecule has 0 bridgehead atoms. The van der Waals surface area contributed by atoms with Crippen LogP contribution in [0.2, 0.25) is 0 Å². The minimum atomic E-state index is -0.110. The van der Waals surface area contributed by atoms with Gasteiger partial charge in [0.15, 0.2) is 0 Å². The van der Waals surface area contributed by atoms with Crippen molar-refractivity contribution in [2.75, 3.05) is 36.5 Å². The number of carbonyl (C=O) groups excluding carboxylic acids is 1. The van der Waals surface area contributed by atoms with E-state index in [-0.39, 0.29) is 11.9 Å². The summed E-state index contributed by atoms with van der Waals surface area (Å²) in [5.74, 6) is 1.04. The second-order valence-corrected chi connectivity index (χ2v) is 5.01. The van der Waals surface area contributed by atoms with Crippen LogP contribution in [0.4, 0.5) is 11.8 Å². The SMILES string of the molecule is CC(=NNc1nn[nH]n1)C(=O)N1CCN(c2ccccn2)CC1. The molecule has 10 heteroatoms. The fraction of sp³-hybridized carbons (Fsp3) is 0.385. The fourth-order valence-corrected chi connectivity index (χ4v) is 2.30. The van der Waals surface area contributed by atoms with Crippen LogP contribution in [0.15, 0.2) is 29.5 Å². The smallest absolute Gasteiger partial charge is 0.283 e. The first-order valence-electron chi connectivity index (χ1n) is 7.23. The standard InChI is InChI=1S/C13H17N9O/c1-10(15-16-13-17-19-20-18-13)12(23)22-8-6-21(7-9-22)11-4-2-3-5-14-11/h2-5H,6-9H2,1H3,(H2,16,17,18,19,20). The van der Waals surface area contributed by atoms with E-state index in [9.17, 15) is 4.79 Å². The number of tetrazole rings is 1. The van der Waals surface area contributed by atoms with Gasteiger partial charge in [-0.15, -0.1) is 5.10 Å². The Labute approximate surface area is 132 Å². The molecule has 1 fully saturated rings. The zero-order valence-electron chi connectivity index (χ0n) is 12.7. The summed E-state index contributed by atoms with van der Waals surface area (Å²) in [5.41, 5.74) is 2.93. The maximum Gasteiger partial charge on any atom is 0.283 e. The molecular formula is C13H17N9O. The Morgan fingerprint density at radius 1 is 1.30 bits per heavy atom. The van der Waals surface area contributed by atoms with Crippen molar-refractivity contribution in [3.05, 3.63) is 24.4 Å². The van der Waals surface area contributed by atoms with Crippen LogP contribution >= 0.6 is 0 Å². The van der Waals surface area contributed by atoms with E-state index in [4.69, 9.17) is 0 Å². The van der Waals surface area contributed by atoms with Crippen molar-refractivity contribution >= 4 is 23.4 Å². The summed E-state index contributed by atoms with van der Waals surface area (Å²) in [6.45, 7) is 4.40. The van der Waals surface area contributed by atoms with Gasteiger partial charge in [-0.25, -0.2) is 10.4 Å². The molecule has 120 valence electrons. The molecule has 1 aliphatic heterocycles. The minimum absolute atomic E-state index is 0.110. The summed E-state index contributed by atoms with van der Waals surface area (Å²) >= 11 is 0. The first-order valence-corrected chi connectivity index (χ1v) is 7.23. The number of nitrogens with zero attached hydrogens (tertiary/aromatic N) is 7. The molecule has 2 aromatic rings. The lowest BCUT2D eigenvalue weighted by Gasteiger charge is -2.35. The van der Waals surface area contributed by atoms with Crippen LogP contribution in [0, 0.1) is 0 Å². The van der Waals surface area contributed by atoms with Crippen molar-refractivity contribution < 1.29 is 4.79 Å². The largest absolute Gasteiger partial charge is 0.353 e. The van der Waals surface area contributed by atoms with Crippen LogP contribution in [0.5, 0.6) is 0 Å². The Morgan fingerprint density at radius 2 is 2.13 bits per heavy atom. The van der Waals surface area contributed by atoms with Crippen molar-refractivity contribution in [3.8, 4) is 0 Å². The van der Waals surface area contributed by atoms with Gasteiger partial charge in [0.1, 0.15) is 11.5 Å². The monoisotopic (exact) mass is 315 g/mol. The van der Waals surface area contributed by atoms with Gasteiger partial charge < -0.3 is 9.80 Å². The predicted octanol–water partition coefficient (Wildman–Crippen LogP) is -0.269. The number of aromatic nitrogens is 5. The number of H-pyrrole nitrogens is 1. The van der Waals surface area contributed by atoms with Gasteiger partial charge in [-0.1, -0.05) is 11.2 Å². The second-order valence-electron chi connectivity index (χ2n) is 5.01. The topological polar surface area (TPSA) is 115 Å². The average Bonchev–Trinajstić information content (AvgIpc) is 3.13. The quantitative estimate of drug-likeness (QED) is 0.589. The molecule has 3 heterocycles. The maximum atomic E-state index is 12.4. The Morgan fingerprint density at radius 3 is 2.78 bits per heavy atom. The zero-order valence-corrected chi connectivity index (χ0v) is 12.7. The molecule has 0 radical (unpaired) electrons. The third-order valence-electron chi connectivity index (χ3n) is 3.52. The Bertz CT molecular complexity index is 662. The Balaban J connectivity index is 1.54. The van der Waals surface area contributed by atoms with Gasteiger partial charge in [-0.05, 0) is 24.3 Å². The van der Waals surface area contributed by atoms with Gasteiger partial charge >= 0.3 is 0 Å². The molecule has 2 N–H and O–H groups in total. The Hall–Kier alpha value is -3.04. The second kappa shape index (κ2) is 6.81. The van der Waals surface area contributed by atoms with Crippen molar-refractivity contribution in [3.63, 3.8) is 0 Å². The third-order valence-corrected chi connectivity index (χ3v) is 3.52. The Kier molecular flexibility index (Phi) is 4.41. The van der Waals surface area contributed by atoms with Crippen LogP contribution in [0.25, 0.3) is 0 Å². The number of anilines is 2. The molecular weight excluding hydrogens is 298 g/mol. The summed E-state index contributed by atoms with van der Waals surface area (Å²) in [6.07, 6.45) is 1.77. The molecule has 0 spiro atoms. The number of carbonyl (C=O) groups is 1. The van der Waals surface area contributed by atoms with E-state index in [2.05, 4.69) is 41.0 Å². The molecule has 23 heavy (non-hydrogen) atoms.